The highest BCUT2D eigenvalue weighted by Gasteiger charge is 2.45. The number of hydrogen-bond acceptors (Lipinski definition) is 6. The van der Waals surface area contributed by atoms with E-state index in [1.54, 1.807) is 42.7 Å². The summed E-state index contributed by atoms with van der Waals surface area (Å²) in [4.78, 5) is 31.1. The van der Waals surface area contributed by atoms with Gasteiger partial charge in [0.15, 0.2) is 0 Å². The van der Waals surface area contributed by atoms with Crippen molar-refractivity contribution in [1.82, 2.24) is 9.88 Å². The summed E-state index contributed by atoms with van der Waals surface area (Å²) in [6.07, 6.45) is 3.19. The Labute approximate surface area is 182 Å². The zero-order valence-corrected chi connectivity index (χ0v) is 18.3. The van der Waals surface area contributed by atoms with E-state index in [-0.39, 0.29) is 24.5 Å². The number of aliphatic hydroxyl groups is 1. The van der Waals surface area contributed by atoms with Crippen molar-refractivity contribution in [3.05, 3.63) is 65.0 Å². The molecule has 7 nitrogen and oxygen atoms in total. The van der Waals surface area contributed by atoms with E-state index in [1.165, 1.54) is 12.0 Å². The number of amides is 1. The summed E-state index contributed by atoms with van der Waals surface area (Å²) in [7, 11) is 1.53. The lowest BCUT2D eigenvalue weighted by atomic mass is 9.95. The summed E-state index contributed by atoms with van der Waals surface area (Å²) < 4.78 is 10.9. The summed E-state index contributed by atoms with van der Waals surface area (Å²) in [5, 5.41) is 11.1. The minimum Gasteiger partial charge on any atom is -0.507 e. The van der Waals surface area contributed by atoms with Crippen LogP contribution in [0.4, 0.5) is 0 Å². The number of hydrogen-bond donors (Lipinski definition) is 1. The fourth-order valence-electron chi connectivity index (χ4n) is 3.56. The van der Waals surface area contributed by atoms with Gasteiger partial charge in [-0.2, -0.15) is 0 Å². The first-order chi connectivity index (χ1) is 14.8. The predicted octanol–water partition coefficient (Wildman–Crippen LogP) is 3.49. The minimum atomic E-state index is -0.715. The molecule has 1 amide bonds. The fraction of sp³-hybridized carbons (Fsp3) is 0.375. The van der Waals surface area contributed by atoms with Crippen LogP contribution in [-0.4, -0.2) is 53.5 Å². The molecule has 0 unspecified atom stereocenters. The molecule has 31 heavy (non-hydrogen) atoms. The highest BCUT2D eigenvalue weighted by atomic mass is 16.5. The van der Waals surface area contributed by atoms with Crippen molar-refractivity contribution in [3.63, 3.8) is 0 Å². The molecule has 1 fully saturated rings. The molecule has 1 aromatic carbocycles. The Morgan fingerprint density at radius 1 is 1.19 bits per heavy atom. The molecule has 1 saturated heterocycles. The quantitative estimate of drug-likeness (QED) is 0.396. The maximum atomic E-state index is 12.9. The van der Waals surface area contributed by atoms with Gasteiger partial charge in [-0.05, 0) is 54.3 Å². The molecule has 0 saturated carbocycles. The van der Waals surface area contributed by atoms with Crippen LogP contribution in [-0.2, 0) is 14.3 Å². The summed E-state index contributed by atoms with van der Waals surface area (Å²) in [5.41, 5.74) is 2.04. The number of pyridine rings is 1. The standard InChI is InChI=1S/C24H28N2O5/c1-15(2)14-31-19-6-5-18(13-16(19)3)22(27)20-21(17-7-9-25-10-8-17)26(11-12-30-4)24(29)23(20)28/h5-10,13,15,21,27H,11-12,14H2,1-4H3/t21-/m0/s1. The molecule has 1 aliphatic rings. The van der Waals surface area contributed by atoms with Crippen LogP contribution >= 0.6 is 0 Å². The summed E-state index contributed by atoms with van der Waals surface area (Å²) in [6.45, 7) is 7.10. The van der Waals surface area contributed by atoms with Crippen molar-refractivity contribution in [2.45, 2.75) is 26.8 Å². The molecule has 0 spiro atoms. The van der Waals surface area contributed by atoms with Gasteiger partial charge >= 0.3 is 0 Å². The van der Waals surface area contributed by atoms with E-state index in [0.29, 0.717) is 23.7 Å². The first-order valence-corrected chi connectivity index (χ1v) is 10.3. The number of benzene rings is 1. The average Bonchev–Trinajstić information content (AvgIpc) is 3.01. The molecular formula is C24H28N2O5. The number of carbonyl (C=O) groups is 2. The first-order valence-electron chi connectivity index (χ1n) is 10.3. The minimum absolute atomic E-state index is 0.0579. The molecule has 0 radical (unpaired) electrons. The highest BCUT2D eigenvalue weighted by Crippen LogP contribution is 2.39. The number of ether oxygens (including phenoxy) is 2. The number of likely N-dealkylation sites (tertiary alicyclic amines) is 1. The Kier molecular flexibility index (Phi) is 7.07. The van der Waals surface area contributed by atoms with Gasteiger partial charge < -0.3 is 19.5 Å². The van der Waals surface area contributed by atoms with Crippen molar-refractivity contribution in [2.75, 3.05) is 26.9 Å². The third-order valence-electron chi connectivity index (χ3n) is 5.12. The smallest absolute Gasteiger partial charge is 0.295 e. The van der Waals surface area contributed by atoms with Crippen molar-refractivity contribution in [2.24, 2.45) is 5.92 Å². The molecule has 1 atom stereocenters. The number of aryl methyl sites for hydroxylation is 1. The van der Waals surface area contributed by atoms with Gasteiger partial charge in [-0.3, -0.25) is 14.6 Å². The molecule has 3 rings (SSSR count). The van der Waals surface area contributed by atoms with Crippen LogP contribution in [0.3, 0.4) is 0 Å². The maximum Gasteiger partial charge on any atom is 0.295 e. The van der Waals surface area contributed by atoms with E-state index < -0.39 is 17.7 Å². The van der Waals surface area contributed by atoms with Gasteiger partial charge in [0.05, 0.1) is 24.8 Å². The zero-order chi connectivity index (χ0) is 22.5. The number of ketones is 1. The van der Waals surface area contributed by atoms with E-state index in [1.807, 2.05) is 6.92 Å². The number of aliphatic hydroxyl groups excluding tert-OH is 1. The van der Waals surface area contributed by atoms with Gasteiger partial charge in [-0.15, -0.1) is 0 Å². The summed E-state index contributed by atoms with van der Waals surface area (Å²) in [5.74, 6) is -0.479. The fourth-order valence-corrected chi connectivity index (χ4v) is 3.56. The number of rotatable bonds is 8. The molecule has 2 heterocycles. The number of Topliss-reactive ketones (excluding diaryl/α,β-unsaturated/α-hetero) is 1. The lowest BCUT2D eigenvalue weighted by Gasteiger charge is -2.24. The van der Waals surface area contributed by atoms with E-state index in [9.17, 15) is 14.7 Å². The topological polar surface area (TPSA) is 89.0 Å². The van der Waals surface area contributed by atoms with Crippen LogP contribution in [0.25, 0.3) is 5.76 Å². The second-order valence-corrected chi connectivity index (χ2v) is 7.95. The Hall–Kier alpha value is -3.19. The van der Waals surface area contributed by atoms with Crippen LogP contribution in [0, 0.1) is 12.8 Å². The highest BCUT2D eigenvalue weighted by molar-refractivity contribution is 6.46. The van der Waals surface area contributed by atoms with Crippen molar-refractivity contribution in [3.8, 4) is 5.75 Å². The number of methoxy groups -OCH3 is 1. The second kappa shape index (κ2) is 9.75. The summed E-state index contributed by atoms with van der Waals surface area (Å²) in [6, 6.07) is 7.99. The first kappa shape index (κ1) is 22.5. The van der Waals surface area contributed by atoms with E-state index in [2.05, 4.69) is 18.8 Å². The third-order valence-corrected chi connectivity index (χ3v) is 5.12. The normalized spacial score (nSPS) is 18.1. The molecule has 0 aliphatic carbocycles. The SMILES string of the molecule is COCCN1C(=O)C(=O)C(=C(O)c2ccc(OCC(C)C)c(C)c2)[C@@H]1c1ccncc1. The average molecular weight is 424 g/mol. The largest absolute Gasteiger partial charge is 0.507 e. The van der Waals surface area contributed by atoms with E-state index in [4.69, 9.17) is 9.47 Å². The summed E-state index contributed by atoms with van der Waals surface area (Å²) >= 11 is 0. The van der Waals surface area contributed by atoms with E-state index >= 15 is 0 Å². The maximum absolute atomic E-state index is 12.9. The monoisotopic (exact) mass is 424 g/mol. The lowest BCUT2D eigenvalue weighted by Crippen LogP contribution is -2.32. The molecule has 0 bridgehead atoms. The molecule has 7 heteroatoms. The van der Waals surface area contributed by atoms with Crippen molar-refractivity contribution in [1.29, 1.82) is 0 Å². The molecule has 164 valence electrons. The molecule has 1 N–H and O–H groups in total. The van der Waals surface area contributed by atoms with E-state index in [0.717, 1.165) is 11.3 Å². The number of aromatic nitrogens is 1. The van der Waals surface area contributed by atoms with Gasteiger partial charge in [-0.1, -0.05) is 13.8 Å². The molecule has 2 aromatic rings. The van der Waals surface area contributed by atoms with Crippen molar-refractivity contribution >= 4 is 17.4 Å². The van der Waals surface area contributed by atoms with Crippen LogP contribution in [0.5, 0.6) is 5.75 Å². The second-order valence-electron chi connectivity index (χ2n) is 7.95. The number of nitrogens with zero attached hydrogens (tertiary/aromatic N) is 2. The van der Waals surface area contributed by atoms with Crippen LogP contribution < -0.4 is 4.74 Å². The number of carbonyl (C=O) groups excluding carboxylic acids is 2. The Morgan fingerprint density at radius 3 is 2.52 bits per heavy atom. The van der Waals surface area contributed by atoms with Gasteiger partial charge in [0, 0.05) is 31.6 Å². The lowest BCUT2D eigenvalue weighted by molar-refractivity contribution is -0.140. The Bertz CT molecular complexity index is 985. The third kappa shape index (κ3) is 4.77. The zero-order valence-electron chi connectivity index (χ0n) is 18.3. The Balaban J connectivity index is 2.05. The van der Waals surface area contributed by atoms with Gasteiger partial charge in [0.25, 0.3) is 11.7 Å². The predicted molar refractivity (Wildman–Crippen MR) is 117 cm³/mol. The molecule has 1 aromatic heterocycles. The van der Waals surface area contributed by atoms with Crippen LogP contribution in [0.2, 0.25) is 0 Å². The van der Waals surface area contributed by atoms with Gasteiger partial charge in [-0.25, -0.2) is 0 Å². The van der Waals surface area contributed by atoms with Crippen molar-refractivity contribution < 1.29 is 24.2 Å². The van der Waals surface area contributed by atoms with Gasteiger partial charge in [0.1, 0.15) is 11.5 Å². The van der Waals surface area contributed by atoms with Crippen LogP contribution in [0.1, 0.15) is 36.6 Å². The van der Waals surface area contributed by atoms with Gasteiger partial charge in [0.2, 0.25) is 0 Å². The molecule has 1 aliphatic heterocycles. The Morgan fingerprint density at radius 2 is 1.90 bits per heavy atom. The van der Waals surface area contributed by atoms with Crippen LogP contribution in [0.15, 0.2) is 48.3 Å². The molecular weight excluding hydrogens is 396 g/mol.